The largest absolute Gasteiger partial charge is 0.396 e. The lowest BCUT2D eigenvalue weighted by molar-refractivity contribution is -0.0306. The third-order valence-electron chi connectivity index (χ3n) is 3.30. The van der Waals surface area contributed by atoms with E-state index >= 15 is 0 Å². The summed E-state index contributed by atoms with van der Waals surface area (Å²) in [5, 5.41) is 21.4. The topological polar surface area (TPSA) is 61.7 Å². The van der Waals surface area contributed by atoms with Crippen LogP contribution in [0.5, 0.6) is 0 Å². The Hall–Kier alpha value is -0.160. The molecule has 1 saturated carbocycles. The van der Waals surface area contributed by atoms with Crippen molar-refractivity contribution < 1.29 is 14.9 Å². The van der Waals surface area contributed by atoms with E-state index in [-0.39, 0.29) is 6.61 Å². The number of aliphatic hydroxyl groups excluding tert-OH is 2. The standard InChI is InChI=1S/C13H27NO3/c1-11-4-2-5-13(8-11)17-10-12(16)9-14-6-3-7-15/h11-16H,2-10H2,1H3. The number of ether oxygens (including phenoxy) is 1. The summed E-state index contributed by atoms with van der Waals surface area (Å²) in [4.78, 5) is 0. The van der Waals surface area contributed by atoms with Crippen molar-refractivity contribution in [3.8, 4) is 0 Å². The van der Waals surface area contributed by atoms with Crippen LogP contribution in [0.25, 0.3) is 0 Å². The van der Waals surface area contributed by atoms with Crippen molar-refractivity contribution in [1.29, 1.82) is 0 Å². The van der Waals surface area contributed by atoms with E-state index in [0.717, 1.165) is 31.7 Å². The first-order valence-corrected chi connectivity index (χ1v) is 6.83. The maximum absolute atomic E-state index is 9.70. The molecule has 0 bridgehead atoms. The molecule has 17 heavy (non-hydrogen) atoms. The predicted octanol–water partition coefficient (Wildman–Crippen LogP) is 0.915. The summed E-state index contributed by atoms with van der Waals surface area (Å²) >= 11 is 0. The zero-order chi connectivity index (χ0) is 12.5. The van der Waals surface area contributed by atoms with Crippen molar-refractivity contribution in [1.82, 2.24) is 5.32 Å². The van der Waals surface area contributed by atoms with Gasteiger partial charge in [0.1, 0.15) is 0 Å². The minimum Gasteiger partial charge on any atom is -0.396 e. The molecule has 1 fully saturated rings. The summed E-state index contributed by atoms with van der Waals surface area (Å²) in [6.45, 7) is 4.17. The highest BCUT2D eigenvalue weighted by atomic mass is 16.5. The van der Waals surface area contributed by atoms with Gasteiger partial charge in [-0.05, 0) is 31.7 Å². The molecule has 4 nitrogen and oxygen atoms in total. The SMILES string of the molecule is CC1CCCC(OCC(O)CNCCCO)C1. The summed E-state index contributed by atoms with van der Waals surface area (Å²) in [6.07, 6.45) is 5.45. The van der Waals surface area contributed by atoms with Crippen LogP contribution in [0.3, 0.4) is 0 Å². The van der Waals surface area contributed by atoms with E-state index in [4.69, 9.17) is 9.84 Å². The van der Waals surface area contributed by atoms with E-state index in [1.807, 2.05) is 0 Å². The predicted molar refractivity (Wildman–Crippen MR) is 68.0 cm³/mol. The van der Waals surface area contributed by atoms with Crippen LogP contribution in [0.2, 0.25) is 0 Å². The quantitative estimate of drug-likeness (QED) is 0.556. The van der Waals surface area contributed by atoms with Crippen LogP contribution in [0.4, 0.5) is 0 Å². The summed E-state index contributed by atoms with van der Waals surface area (Å²) in [7, 11) is 0. The molecule has 1 aliphatic rings. The summed E-state index contributed by atoms with van der Waals surface area (Å²) in [5.41, 5.74) is 0. The molecular formula is C13H27NO3. The maximum atomic E-state index is 9.70. The number of nitrogens with one attached hydrogen (secondary N) is 1. The fraction of sp³-hybridized carbons (Fsp3) is 1.00. The molecule has 0 aromatic heterocycles. The fourth-order valence-corrected chi connectivity index (χ4v) is 2.31. The lowest BCUT2D eigenvalue weighted by atomic mass is 9.89. The van der Waals surface area contributed by atoms with Crippen molar-refractivity contribution in [3.63, 3.8) is 0 Å². The van der Waals surface area contributed by atoms with E-state index in [1.54, 1.807) is 0 Å². The van der Waals surface area contributed by atoms with E-state index < -0.39 is 6.10 Å². The molecule has 0 aliphatic heterocycles. The molecule has 102 valence electrons. The monoisotopic (exact) mass is 245 g/mol. The van der Waals surface area contributed by atoms with Crippen LogP contribution in [0, 0.1) is 5.92 Å². The van der Waals surface area contributed by atoms with Crippen molar-refractivity contribution in [3.05, 3.63) is 0 Å². The van der Waals surface area contributed by atoms with E-state index in [0.29, 0.717) is 19.3 Å². The molecule has 3 atom stereocenters. The molecule has 1 aliphatic carbocycles. The molecule has 1 rings (SSSR count). The fourth-order valence-electron chi connectivity index (χ4n) is 2.31. The van der Waals surface area contributed by atoms with Crippen LogP contribution >= 0.6 is 0 Å². The van der Waals surface area contributed by atoms with Crippen LogP contribution in [0.15, 0.2) is 0 Å². The van der Waals surface area contributed by atoms with Gasteiger partial charge in [-0.2, -0.15) is 0 Å². The normalized spacial score (nSPS) is 27.0. The third-order valence-corrected chi connectivity index (χ3v) is 3.30. The highest BCUT2D eigenvalue weighted by Gasteiger charge is 2.20. The second-order valence-corrected chi connectivity index (χ2v) is 5.16. The minimum atomic E-state index is -0.439. The van der Waals surface area contributed by atoms with Gasteiger partial charge in [0.25, 0.3) is 0 Å². The number of aliphatic hydroxyl groups is 2. The molecule has 0 spiro atoms. The zero-order valence-electron chi connectivity index (χ0n) is 10.9. The van der Waals surface area contributed by atoms with Gasteiger partial charge in [0.2, 0.25) is 0 Å². The van der Waals surface area contributed by atoms with Crippen LogP contribution < -0.4 is 5.32 Å². The van der Waals surface area contributed by atoms with Gasteiger partial charge in [0.15, 0.2) is 0 Å². The molecule has 0 aromatic rings. The average molecular weight is 245 g/mol. The van der Waals surface area contributed by atoms with Gasteiger partial charge in [-0.1, -0.05) is 19.8 Å². The van der Waals surface area contributed by atoms with Crippen molar-refractivity contribution in [2.45, 2.75) is 51.2 Å². The number of hydrogen-bond donors (Lipinski definition) is 3. The lowest BCUT2D eigenvalue weighted by Crippen LogP contribution is -2.33. The molecule has 3 N–H and O–H groups in total. The van der Waals surface area contributed by atoms with Gasteiger partial charge in [-0.25, -0.2) is 0 Å². The highest BCUT2D eigenvalue weighted by molar-refractivity contribution is 4.71. The molecule has 3 unspecified atom stereocenters. The third kappa shape index (κ3) is 6.99. The molecular weight excluding hydrogens is 218 g/mol. The molecule has 0 aromatic carbocycles. The summed E-state index contributed by atoms with van der Waals surface area (Å²) in [5.74, 6) is 0.758. The number of hydrogen-bond acceptors (Lipinski definition) is 4. The van der Waals surface area contributed by atoms with Gasteiger partial charge in [-0.3, -0.25) is 0 Å². The van der Waals surface area contributed by atoms with Gasteiger partial charge < -0.3 is 20.3 Å². The Balaban J connectivity index is 2.00. The Morgan fingerprint density at radius 2 is 2.24 bits per heavy atom. The first-order chi connectivity index (χ1) is 8.22. The minimum absolute atomic E-state index is 0.194. The Bertz CT molecular complexity index is 190. The summed E-state index contributed by atoms with van der Waals surface area (Å²) in [6, 6.07) is 0. The Morgan fingerprint density at radius 1 is 1.41 bits per heavy atom. The van der Waals surface area contributed by atoms with Crippen LogP contribution in [-0.2, 0) is 4.74 Å². The Labute approximate surface area is 104 Å². The average Bonchev–Trinajstić information content (AvgIpc) is 2.32. The molecule has 4 heteroatoms. The molecule has 0 saturated heterocycles. The maximum Gasteiger partial charge on any atom is 0.0897 e. The van der Waals surface area contributed by atoms with Crippen molar-refractivity contribution in [2.75, 3.05) is 26.3 Å². The Kier molecular flexibility index (Phi) is 7.77. The van der Waals surface area contributed by atoms with E-state index in [1.165, 1.54) is 12.8 Å². The first kappa shape index (κ1) is 14.9. The van der Waals surface area contributed by atoms with Crippen LogP contribution in [0.1, 0.15) is 39.0 Å². The second kappa shape index (κ2) is 8.86. The molecule has 0 radical (unpaired) electrons. The van der Waals surface area contributed by atoms with E-state index in [2.05, 4.69) is 12.2 Å². The smallest absolute Gasteiger partial charge is 0.0897 e. The van der Waals surface area contributed by atoms with Gasteiger partial charge >= 0.3 is 0 Å². The van der Waals surface area contributed by atoms with Crippen molar-refractivity contribution in [2.24, 2.45) is 5.92 Å². The van der Waals surface area contributed by atoms with Gasteiger partial charge in [0, 0.05) is 13.2 Å². The van der Waals surface area contributed by atoms with Crippen molar-refractivity contribution >= 4 is 0 Å². The number of rotatable bonds is 8. The van der Waals surface area contributed by atoms with Gasteiger partial charge in [0.05, 0.1) is 18.8 Å². The molecule has 0 heterocycles. The Morgan fingerprint density at radius 3 is 2.94 bits per heavy atom. The van der Waals surface area contributed by atoms with Crippen LogP contribution in [-0.4, -0.2) is 48.7 Å². The van der Waals surface area contributed by atoms with E-state index in [9.17, 15) is 5.11 Å². The lowest BCUT2D eigenvalue weighted by Gasteiger charge is -2.27. The first-order valence-electron chi connectivity index (χ1n) is 6.83. The highest BCUT2D eigenvalue weighted by Crippen LogP contribution is 2.25. The summed E-state index contributed by atoms with van der Waals surface area (Å²) < 4.78 is 5.73. The zero-order valence-corrected chi connectivity index (χ0v) is 10.9. The second-order valence-electron chi connectivity index (χ2n) is 5.16. The van der Waals surface area contributed by atoms with Gasteiger partial charge in [-0.15, -0.1) is 0 Å². The molecule has 0 amide bonds.